The molecule has 25 heavy (non-hydrogen) atoms. The van der Waals surface area contributed by atoms with Crippen molar-refractivity contribution in [2.45, 2.75) is 23.7 Å². The standard InChI is InChI=1S/C16H14ClNO6S/c1-23-16(20)12-11(17)6-5-9(15(12)25(2,21)22)13(19)10-7-18-24-14(10)8-3-4-8/h5-8H,3-4H2,1-2H3. The third-order valence-electron chi connectivity index (χ3n) is 3.90. The zero-order chi connectivity index (χ0) is 18.4. The van der Waals surface area contributed by atoms with Crippen LogP contribution in [0.5, 0.6) is 0 Å². The number of carbonyl (C=O) groups is 2. The van der Waals surface area contributed by atoms with Crippen LogP contribution in [-0.4, -0.2) is 38.7 Å². The van der Waals surface area contributed by atoms with Crippen LogP contribution in [0, 0.1) is 0 Å². The summed E-state index contributed by atoms with van der Waals surface area (Å²) in [5.41, 5.74) is -0.343. The van der Waals surface area contributed by atoms with Crippen LogP contribution in [0.15, 0.2) is 27.7 Å². The first-order valence-electron chi connectivity index (χ1n) is 7.35. The summed E-state index contributed by atoms with van der Waals surface area (Å²) < 4.78 is 34.4. The van der Waals surface area contributed by atoms with E-state index in [2.05, 4.69) is 9.89 Å². The molecular weight excluding hydrogens is 370 g/mol. The van der Waals surface area contributed by atoms with Gasteiger partial charge in [-0.1, -0.05) is 16.8 Å². The van der Waals surface area contributed by atoms with Gasteiger partial charge in [-0.3, -0.25) is 4.79 Å². The van der Waals surface area contributed by atoms with Crippen molar-refractivity contribution in [3.8, 4) is 0 Å². The molecule has 3 rings (SSSR count). The number of benzene rings is 1. The first kappa shape index (κ1) is 17.6. The van der Waals surface area contributed by atoms with Crippen LogP contribution in [0.1, 0.15) is 50.8 Å². The second-order valence-electron chi connectivity index (χ2n) is 5.77. The molecule has 0 spiro atoms. The number of aromatic nitrogens is 1. The maximum atomic E-state index is 12.9. The largest absolute Gasteiger partial charge is 0.465 e. The first-order valence-corrected chi connectivity index (χ1v) is 9.62. The summed E-state index contributed by atoms with van der Waals surface area (Å²) in [4.78, 5) is 24.5. The number of hydrogen-bond donors (Lipinski definition) is 0. The molecule has 1 aliphatic rings. The molecule has 0 saturated heterocycles. The maximum Gasteiger partial charge on any atom is 0.340 e. The number of nitrogens with zero attached hydrogens (tertiary/aromatic N) is 1. The quantitative estimate of drug-likeness (QED) is 0.577. The smallest absolute Gasteiger partial charge is 0.340 e. The van der Waals surface area contributed by atoms with E-state index in [9.17, 15) is 18.0 Å². The fourth-order valence-electron chi connectivity index (χ4n) is 2.62. The lowest BCUT2D eigenvalue weighted by Crippen LogP contribution is -2.17. The van der Waals surface area contributed by atoms with Crippen molar-refractivity contribution in [1.29, 1.82) is 0 Å². The van der Waals surface area contributed by atoms with Gasteiger partial charge in [0.05, 0.1) is 34.4 Å². The number of hydrogen-bond acceptors (Lipinski definition) is 7. The van der Waals surface area contributed by atoms with E-state index in [1.54, 1.807) is 0 Å². The van der Waals surface area contributed by atoms with E-state index in [0.717, 1.165) is 26.2 Å². The van der Waals surface area contributed by atoms with E-state index >= 15 is 0 Å². The van der Waals surface area contributed by atoms with Gasteiger partial charge in [0.25, 0.3) is 0 Å². The lowest BCUT2D eigenvalue weighted by atomic mass is 10.0. The van der Waals surface area contributed by atoms with Gasteiger partial charge in [-0.2, -0.15) is 0 Å². The molecule has 0 unspecified atom stereocenters. The molecule has 2 aromatic rings. The van der Waals surface area contributed by atoms with Crippen molar-refractivity contribution in [2.75, 3.05) is 13.4 Å². The molecular formula is C16H14ClNO6S. The number of halogens is 1. The van der Waals surface area contributed by atoms with Crippen molar-refractivity contribution in [3.05, 3.63) is 45.8 Å². The van der Waals surface area contributed by atoms with E-state index in [4.69, 9.17) is 16.1 Å². The van der Waals surface area contributed by atoms with Crippen molar-refractivity contribution in [2.24, 2.45) is 0 Å². The molecule has 0 radical (unpaired) electrons. The number of rotatable bonds is 5. The van der Waals surface area contributed by atoms with Crippen molar-refractivity contribution in [3.63, 3.8) is 0 Å². The molecule has 1 aromatic heterocycles. The highest BCUT2D eigenvalue weighted by Crippen LogP contribution is 2.42. The Balaban J connectivity index is 2.24. The molecule has 1 heterocycles. The Morgan fingerprint density at radius 3 is 2.52 bits per heavy atom. The molecule has 0 amide bonds. The Bertz CT molecular complexity index is 975. The molecule has 1 saturated carbocycles. The number of ether oxygens (including phenoxy) is 1. The average molecular weight is 384 g/mol. The summed E-state index contributed by atoms with van der Waals surface area (Å²) in [6, 6.07) is 2.57. The van der Waals surface area contributed by atoms with Gasteiger partial charge >= 0.3 is 5.97 Å². The minimum absolute atomic E-state index is 0.107. The Hall–Kier alpha value is -2.19. The summed E-state index contributed by atoms with van der Waals surface area (Å²) in [5.74, 6) is -0.993. The van der Waals surface area contributed by atoms with Crippen molar-refractivity contribution < 1.29 is 27.3 Å². The maximum absolute atomic E-state index is 12.9. The number of methoxy groups -OCH3 is 1. The van der Waals surface area contributed by atoms with E-state index in [0.29, 0.717) is 5.76 Å². The monoisotopic (exact) mass is 383 g/mol. The molecule has 0 atom stereocenters. The minimum Gasteiger partial charge on any atom is -0.465 e. The third kappa shape index (κ3) is 3.19. The molecule has 1 aliphatic carbocycles. The molecule has 1 fully saturated rings. The molecule has 9 heteroatoms. The fraction of sp³-hybridized carbons (Fsp3) is 0.312. The van der Waals surface area contributed by atoms with Crippen LogP contribution in [0.25, 0.3) is 0 Å². The Morgan fingerprint density at radius 2 is 1.96 bits per heavy atom. The number of sulfone groups is 1. The van der Waals surface area contributed by atoms with E-state index in [-0.39, 0.29) is 27.6 Å². The zero-order valence-corrected chi connectivity index (χ0v) is 15.0. The average Bonchev–Trinajstić information content (AvgIpc) is 3.29. The van der Waals surface area contributed by atoms with Gasteiger partial charge in [0.2, 0.25) is 0 Å². The van der Waals surface area contributed by atoms with E-state index in [1.165, 1.54) is 18.3 Å². The minimum atomic E-state index is -3.95. The number of ketones is 1. The third-order valence-corrected chi connectivity index (χ3v) is 5.38. The predicted molar refractivity (Wildman–Crippen MR) is 87.8 cm³/mol. The highest BCUT2D eigenvalue weighted by molar-refractivity contribution is 7.90. The van der Waals surface area contributed by atoms with E-state index in [1.807, 2.05) is 0 Å². The topological polar surface area (TPSA) is 104 Å². The predicted octanol–water partition coefficient (Wildman–Crippen LogP) is 2.63. The zero-order valence-electron chi connectivity index (χ0n) is 13.4. The lowest BCUT2D eigenvalue weighted by Gasteiger charge is -2.13. The Morgan fingerprint density at radius 1 is 1.28 bits per heavy atom. The van der Waals surface area contributed by atoms with Gasteiger partial charge in [-0.25, -0.2) is 13.2 Å². The Kier molecular flexibility index (Phi) is 4.42. The second kappa shape index (κ2) is 6.27. The van der Waals surface area contributed by atoms with Crippen LogP contribution in [0.2, 0.25) is 5.02 Å². The van der Waals surface area contributed by atoms with Crippen LogP contribution in [0.4, 0.5) is 0 Å². The fourth-order valence-corrected chi connectivity index (χ4v) is 4.03. The molecule has 0 N–H and O–H groups in total. The molecule has 0 aliphatic heterocycles. The van der Waals surface area contributed by atoms with Crippen LogP contribution in [-0.2, 0) is 14.6 Å². The van der Waals surface area contributed by atoms with Crippen LogP contribution in [0.3, 0.4) is 0 Å². The van der Waals surface area contributed by atoms with Gasteiger partial charge in [0.1, 0.15) is 0 Å². The van der Waals surface area contributed by atoms with Gasteiger partial charge < -0.3 is 9.26 Å². The SMILES string of the molecule is COC(=O)c1c(Cl)ccc(C(=O)c2cnoc2C2CC2)c1S(C)(=O)=O. The summed E-state index contributed by atoms with van der Waals surface area (Å²) in [7, 11) is -2.85. The highest BCUT2D eigenvalue weighted by atomic mass is 35.5. The summed E-state index contributed by atoms with van der Waals surface area (Å²) in [6.45, 7) is 0. The van der Waals surface area contributed by atoms with E-state index < -0.39 is 26.5 Å². The van der Waals surface area contributed by atoms with Gasteiger partial charge in [0.15, 0.2) is 21.4 Å². The van der Waals surface area contributed by atoms with Gasteiger partial charge in [-0.15, -0.1) is 0 Å². The lowest BCUT2D eigenvalue weighted by molar-refractivity contribution is 0.0596. The molecule has 0 bridgehead atoms. The van der Waals surface area contributed by atoms with Gasteiger partial charge in [-0.05, 0) is 25.0 Å². The second-order valence-corrected chi connectivity index (χ2v) is 8.13. The van der Waals surface area contributed by atoms with Crippen molar-refractivity contribution >= 4 is 33.2 Å². The molecule has 132 valence electrons. The Labute approximate surface area is 148 Å². The summed E-state index contributed by atoms with van der Waals surface area (Å²) >= 11 is 5.99. The highest BCUT2D eigenvalue weighted by Gasteiger charge is 2.35. The molecule has 1 aromatic carbocycles. The van der Waals surface area contributed by atoms with Crippen LogP contribution >= 0.6 is 11.6 Å². The van der Waals surface area contributed by atoms with Crippen LogP contribution < -0.4 is 0 Å². The van der Waals surface area contributed by atoms with Gasteiger partial charge in [0, 0.05) is 17.7 Å². The van der Waals surface area contributed by atoms with Crippen molar-refractivity contribution in [1.82, 2.24) is 5.16 Å². The normalized spacial score (nSPS) is 14.4. The molecule has 7 nitrogen and oxygen atoms in total. The number of esters is 1. The first-order chi connectivity index (χ1) is 11.8. The summed E-state index contributed by atoms with van der Waals surface area (Å²) in [6.07, 6.45) is 3.91. The summed E-state index contributed by atoms with van der Waals surface area (Å²) in [5, 5.41) is 3.54. The number of carbonyl (C=O) groups excluding carboxylic acids is 2.